The molecular formula is C33H36N4O4S. The normalized spacial score (nSPS) is 15.7. The van der Waals surface area contributed by atoms with E-state index < -0.39 is 16.1 Å². The van der Waals surface area contributed by atoms with Crippen molar-refractivity contribution in [1.29, 1.82) is 0 Å². The number of nitrogens with zero attached hydrogens (tertiary/aromatic N) is 3. The molecule has 218 valence electrons. The van der Waals surface area contributed by atoms with E-state index in [4.69, 9.17) is 9.72 Å². The lowest BCUT2D eigenvalue weighted by Crippen LogP contribution is -2.42. The molecule has 8 nitrogen and oxygen atoms in total. The Labute approximate surface area is 250 Å². The first kappa shape index (κ1) is 29.7. The average molecular weight is 585 g/mol. The van der Waals surface area contributed by atoms with Crippen molar-refractivity contribution in [3.05, 3.63) is 102 Å². The van der Waals surface area contributed by atoms with E-state index >= 15 is 0 Å². The molecule has 2 aromatic heterocycles. The van der Waals surface area contributed by atoms with Crippen LogP contribution in [-0.4, -0.2) is 48.3 Å². The number of carbonyl (C=O) groups is 1. The van der Waals surface area contributed by atoms with Gasteiger partial charge in [0.25, 0.3) is 5.91 Å². The van der Waals surface area contributed by atoms with Crippen molar-refractivity contribution in [2.75, 3.05) is 13.7 Å². The maximum absolute atomic E-state index is 13.7. The third kappa shape index (κ3) is 6.34. The van der Waals surface area contributed by atoms with Crippen molar-refractivity contribution in [1.82, 2.24) is 19.6 Å². The number of ether oxygens (including phenoxy) is 1. The monoisotopic (exact) mass is 584 g/mol. The Morgan fingerprint density at radius 3 is 2.52 bits per heavy atom. The Balaban J connectivity index is 1.58. The number of rotatable bonds is 9. The zero-order chi connectivity index (χ0) is 29.9. The standard InChI is InChI=1S/C33H36N4O4S/c1-33(2,3)42(40)37-21-26-19-28(32(39)35-20-22-7-5-10-27(17-22)41-4)36-31(30(26)29(37)13-16-38)25-9-6-8-24(18-25)23-11-14-34-15-12-23/h5-12,14-15,17-19,29,38H,13,16,20-21H2,1-4H3,(H,35,39)/t29-,42-/m0/s1. The smallest absolute Gasteiger partial charge is 0.270 e. The maximum atomic E-state index is 13.7. The molecule has 0 saturated carbocycles. The third-order valence-electron chi connectivity index (χ3n) is 7.26. The average Bonchev–Trinajstić information content (AvgIpc) is 3.37. The summed E-state index contributed by atoms with van der Waals surface area (Å²) < 4.78 is 20.4. The van der Waals surface area contributed by atoms with Gasteiger partial charge in [-0.3, -0.25) is 9.78 Å². The first-order valence-electron chi connectivity index (χ1n) is 13.9. The number of hydrogen-bond donors (Lipinski definition) is 2. The first-order chi connectivity index (χ1) is 20.2. The molecule has 0 unspecified atom stereocenters. The summed E-state index contributed by atoms with van der Waals surface area (Å²) in [7, 11) is 1.61. The molecule has 0 radical (unpaired) electrons. The number of fused-ring (bicyclic) bond motifs is 1. The van der Waals surface area contributed by atoms with E-state index in [0.717, 1.165) is 39.1 Å². The van der Waals surface area contributed by atoms with Crippen LogP contribution < -0.4 is 10.1 Å². The highest BCUT2D eigenvalue weighted by atomic mass is 32.2. The first-order valence-corrected chi connectivity index (χ1v) is 15.1. The van der Waals surface area contributed by atoms with Gasteiger partial charge in [-0.1, -0.05) is 30.3 Å². The molecule has 2 atom stereocenters. The van der Waals surface area contributed by atoms with Gasteiger partial charge in [0.05, 0.1) is 25.4 Å². The van der Waals surface area contributed by atoms with Crippen molar-refractivity contribution >= 4 is 17.3 Å². The van der Waals surface area contributed by atoms with Gasteiger partial charge in [-0.25, -0.2) is 4.98 Å². The second kappa shape index (κ2) is 12.6. The quantitative estimate of drug-likeness (QED) is 0.252. The molecule has 9 heteroatoms. The van der Waals surface area contributed by atoms with Crippen LogP contribution in [0.2, 0.25) is 0 Å². The van der Waals surface area contributed by atoms with Crippen molar-refractivity contribution in [2.24, 2.45) is 0 Å². The van der Waals surface area contributed by atoms with Crippen LogP contribution in [0.3, 0.4) is 0 Å². The van der Waals surface area contributed by atoms with Crippen molar-refractivity contribution in [3.8, 4) is 28.1 Å². The SMILES string of the molecule is COc1cccc(CNC(=O)c2cc3c(c(-c4cccc(-c5ccncc5)c4)n2)[C@H](CCO)N([S@@+]([O-])C(C)(C)C)C3)c1. The Morgan fingerprint density at radius 1 is 1.07 bits per heavy atom. The summed E-state index contributed by atoms with van der Waals surface area (Å²) in [5.74, 6) is 0.414. The zero-order valence-corrected chi connectivity index (χ0v) is 25.1. The van der Waals surface area contributed by atoms with Crippen LogP contribution in [-0.2, 0) is 24.5 Å². The molecule has 4 aromatic rings. The summed E-state index contributed by atoms with van der Waals surface area (Å²) in [5, 5.41) is 13.0. The fourth-order valence-corrected chi connectivity index (χ4v) is 6.65. The molecule has 0 bridgehead atoms. The largest absolute Gasteiger partial charge is 0.597 e. The Hall–Kier alpha value is -3.76. The van der Waals surface area contributed by atoms with Gasteiger partial charge in [0.15, 0.2) is 0 Å². The van der Waals surface area contributed by atoms with E-state index in [1.165, 1.54) is 0 Å². The molecular weight excluding hydrogens is 548 g/mol. The number of aliphatic hydroxyl groups excluding tert-OH is 1. The summed E-state index contributed by atoms with van der Waals surface area (Å²) >= 11 is -1.34. The van der Waals surface area contributed by atoms with E-state index in [2.05, 4.69) is 16.4 Å². The second-order valence-electron chi connectivity index (χ2n) is 11.2. The molecule has 0 saturated heterocycles. The number of aliphatic hydroxyl groups is 1. The minimum atomic E-state index is -1.34. The van der Waals surface area contributed by atoms with E-state index in [-0.39, 0.29) is 24.2 Å². The van der Waals surface area contributed by atoms with Gasteiger partial charge >= 0.3 is 0 Å². The zero-order valence-electron chi connectivity index (χ0n) is 24.3. The summed E-state index contributed by atoms with van der Waals surface area (Å²) in [6, 6.07) is 20.9. The predicted molar refractivity (Wildman–Crippen MR) is 165 cm³/mol. The van der Waals surface area contributed by atoms with Crippen molar-refractivity contribution < 1.29 is 19.2 Å². The van der Waals surface area contributed by atoms with Gasteiger partial charge in [-0.15, -0.1) is 4.31 Å². The molecule has 0 fully saturated rings. The number of amides is 1. The van der Waals surface area contributed by atoms with Crippen molar-refractivity contribution in [3.63, 3.8) is 0 Å². The number of nitrogens with one attached hydrogen (secondary N) is 1. The molecule has 1 aliphatic heterocycles. The highest BCUT2D eigenvalue weighted by Gasteiger charge is 2.44. The number of hydrogen-bond acceptors (Lipinski definition) is 7. The maximum Gasteiger partial charge on any atom is 0.270 e. The topological polar surface area (TPSA) is 111 Å². The fraction of sp³-hybridized carbons (Fsp3) is 0.303. The Bertz CT molecular complexity index is 1560. The fourth-order valence-electron chi connectivity index (χ4n) is 5.25. The number of benzene rings is 2. The van der Waals surface area contributed by atoms with Gasteiger partial charge < -0.3 is 19.7 Å². The molecule has 2 N–H and O–H groups in total. The Kier molecular flexibility index (Phi) is 8.93. The molecule has 1 amide bonds. The molecule has 5 rings (SSSR count). The minimum absolute atomic E-state index is 0.0682. The summed E-state index contributed by atoms with van der Waals surface area (Å²) in [6.45, 7) is 6.46. The molecule has 1 aliphatic rings. The molecule has 42 heavy (non-hydrogen) atoms. The van der Waals surface area contributed by atoms with Crippen LogP contribution in [0.4, 0.5) is 0 Å². The second-order valence-corrected chi connectivity index (χ2v) is 13.4. The van der Waals surface area contributed by atoms with Gasteiger partial charge in [-0.05, 0) is 85.8 Å². The summed E-state index contributed by atoms with van der Waals surface area (Å²) in [6.07, 6.45) is 3.90. The highest BCUT2D eigenvalue weighted by Crippen LogP contribution is 2.45. The van der Waals surface area contributed by atoms with Crippen LogP contribution in [0.15, 0.2) is 79.1 Å². The van der Waals surface area contributed by atoms with Crippen LogP contribution in [0.25, 0.3) is 22.4 Å². The molecule has 3 heterocycles. The molecule has 0 spiro atoms. The summed E-state index contributed by atoms with van der Waals surface area (Å²) in [4.78, 5) is 22.6. The van der Waals surface area contributed by atoms with E-state index in [0.29, 0.717) is 25.2 Å². The lowest BCUT2D eigenvalue weighted by atomic mass is 9.94. The van der Waals surface area contributed by atoms with Crippen molar-refractivity contribution in [2.45, 2.75) is 51.1 Å². The number of pyridine rings is 2. The molecule has 0 aliphatic carbocycles. The van der Waals surface area contributed by atoms with E-state index in [1.807, 2.05) is 79.7 Å². The van der Waals surface area contributed by atoms with E-state index in [9.17, 15) is 14.5 Å². The predicted octanol–water partition coefficient (Wildman–Crippen LogP) is 5.45. The summed E-state index contributed by atoms with van der Waals surface area (Å²) in [5.41, 5.74) is 6.48. The van der Waals surface area contributed by atoms with Gasteiger partial charge in [0.2, 0.25) is 0 Å². The number of methoxy groups -OCH3 is 1. The number of carbonyl (C=O) groups excluding carboxylic acids is 1. The highest BCUT2D eigenvalue weighted by molar-refractivity contribution is 7.90. The van der Waals surface area contributed by atoms with Crippen LogP contribution in [0.1, 0.15) is 60.4 Å². The van der Waals surface area contributed by atoms with Gasteiger partial charge in [0.1, 0.15) is 16.2 Å². The third-order valence-corrected chi connectivity index (χ3v) is 9.12. The molecule has 2 aromatic carbocycles. The van der Waals surface area contributed by atoms with Gasteiger partial charge in [0, 0.05) is 48.0 Å². The van der Waals surface area contributed by atoms with Gasteiger partial charge in [-0.2, -0.15) is 0 Å². The van der Waals surface area contributed by atoms with E-state index in [1.54, 1.807) is 25.6 Å². The van der Waals surface area contributed by atoms with Crippen LogP contribution >= 0.6 is 0 Å². The van der Waals surface area contributed by atoms with Crippen LogP contribution in [0.5, 0.6) is 5.75 Å². The van der Waals surface area contributed by atoms with Crippen LogP contribution in [0, 0.1) is 0 Å². The lowest BCUT2D eigenvalue weighted by Gasteiger charge is -2.33. The lowest BCUT2D eigenvalue weighted by molar-refractivity contribution is 0.0946. The number of aromatic nitrogens is 2. The minimum Gasteiger partial charge on any atom is -0.597 e. The Morgan fingerprint density at radius 2 is 1.81 bits per heavy atom.